The molecule has 8 aromatic rings. The van der Waals surface area contributed by atoms with Crippen molar-refractivity contribution in [3.63, 3.8) is 0 Å². The van der Waals surface area contributed by atoms with E-state index in [2.05, 4.69) is 180 Å². The first-order valence-electron chi connectivity index (χ1n) is 15.3. The van der Waals surface area contributed by atoms with Crippen LogP contribution in [0.3, 0.4) is 0 Å². The third kappa shape index (κ3) is 4.21. The molecule has 1 aromatic heterocycles. The van der Waals surface area contributed by atoms with Gasteiger partial charge in [-0.2, -0.15) is 0 Å². The number of furan rings is 1. The molecular formula is C42H28N2O. The van der Waals surface area contributed by atoms with E-state index in [4.69, 9.17) is 4.42 Å². The molecule has 1 aliphatic heterocycles. The average Bonchev–Trinajstić information content (AvgIpc) is 3.50. The van der Waals surface area contributed by atoms with E-state index in [1.54, 1.807) is 0 Å². The van der Waals surface area contributed by atoms with Crippen LogP contribution in [0.4, 0.5) is 34.1 Å². The highest BCUT2D eigenvalue weighted by molar-refractivity contribution is 6.14. The summed E-state index contributed by atoms with van der Waals surface area (Å²) in [6.45, 7) is 0. The van der Waals surface area contributed by atoms with Gasteiger partial charge in [0.15, 0.2) is 11.2 Å². The van der Waals surface area contributed by atoms with Crippen molar-refractivity contribution in [2.45, 2.75) is 0 Å². The third-order valence-corrected chi connectivity index (χ3v) is 8.74. The number of rotatable bonds is 4. The van der Waals surface area contributed by atoms with E-state index >= 15 is 0 Å². The van der Waals surface area contributed by atoms with Crippen molar-refractivity contribution in [1.82, 2.24) is 0 Å². The van der Waals surface area contributed by atoms with Crippen molar-refractivity contribution >= 4 is 56.1 Å². The van der Waals surface area contributed by atoms with Crippen molar-refractivity contribution in [3.05, 3.63) is 170 Å². The summed E-state index contributed by atoms with van der Waals surface area (Å²) in [4.78, 5) is 4.66. The van der Waals surface area contributed by atoms with Crippen molar-refractivity contribution in [3.8, 4) is 22.3 Å². The molecule has 3 nitrogen and oxygen atoms in total. The van der Waals surface area contributed by atoms with Crippen LogP contribution in [0.15, 0.2) is 174 Å². The van der Waals surface area contributed by atoms with Gasteiger partial charge < -0.3 is 14.2 Å². The van der Waals surface area contributed by atoms with Gasteiger partial charge in [-0.15, -0.1) is 0 Å². The first-order chi connectivity index (χ1) is 22.3. The number of nitrogens with zero attached hydrogens (tertiary/aromatic N) is 2. The standard InChI is InChI=1S/C42H28N2O/c1-4-12-29(13-5-1)31-22-24-34(25-23-31)44-36-27-32(30-14-6-2-7-15-30)26-35(28-36)43(33-16-8-3-9-17-33)39-20-10-18-37-38-19-11-21-40(44)42(38)45-41(37)39/h1-28H. The summed E-state index contributed by atoms with van der Waals surface area (Å²) in [7, 11) is 0. The maximum atomic E-state index is 6.91. The normalized spacial score (nSPS) is 12.4. The Kier molecular flexibility index (Phi) is 5.82. The summed E-state index contributed by atoms with van der Waals surface area (Å²) in [5, 5.41) is 2.20. The van der Waals surface area contributed by atoms with Gasteiger partial charge in [0, 0.05) is 33.5 Å². The number of benzene rings is 7. The van der Waals surface area contributed by atoms with Crippen LogP contribution in [0.1, 0.15) is 0 Å². The van der Waals surface area contributed by atoms with E-state index in [1.807, 2.05) is 0 Å². The molecule has 0 N–H and O–H groups in total. The second-order valence-electron chi connectivity index (χ2n) is 11.4. The van der Waals surface area contributed by atoms with E-state index in [9.17, 15) is 0 Å². The minimum absolute atomic E-state index is 0.869. The Balaban J connectivity index is 1.37. The van der Waals surface area contributed by atoms with Crippen LogP contribution in [-0.4, -0.2) is 0 Å². The highest BCUT2D eigenvalue weighted by Crippen LogP contribution is 2.50. The van der Waals surface area contributed by atoms with Gasteiger partial charge >= 0.3 is 0 Å². The number of para-hydroxylation sites is 3. The predicted molar refractivity (Wildman–Crippen MR) is 188 cm³/mol. The Morgan fingerprint density at radius 2 is 0.756 bits per heavy atom. The van der Waals surface area contributed by atoms with Crippen molar-refractivity contribution < 1.29 is 4.42 Å². The summed E-state index contributed by atoms with van der Waals surface area (Å²) in [5.41, 5.74) is 12.7. The van der Waals surface area contributed by atoms with Crippen LogP contribution in [0.25, 0.3) is 44.2 Å². The molecule has 0 spiro atoms. The maximum absolute atomic E-state index is 6.91. The zero-order valence-corrected chi connectivity index (χ0v) is 24.5. The largest absolute Gasteiger partial charge is 0.452 e. The van der Waals surface area contributed by atoms with Crippen molar-refractivity contribution in [2.24, 2.45) is 0 Å². The molecule has 4 bridgehead atoms. The number of hydrogen-bond donors (Lipinski definition) is 0. The summed E-state index contributed by atoms with van der Waals surface area (Å²) in [5.74, 6) is 0. The van der Waals surface area contributed by atoms with Gasteiger partial charge in [0.1, 0.15) is 0 Å². The lowest BCUT2D eigenvalue weighted by atomic mass is 10.0. The molecule has 0 radical (unpaired) electrons. The Bertz CT molecular complexity index is 2310. The van der Waals surface area contributed by atoms with E-state index < -0.39 is 0 Å². The van der Waals surface area contributed by atoms with Gasteiger partial charge in [-0.25, -0.2) is 0 Å². The molecule has 212 valence electrons. The molecule has 45 heavy (non-hydrogen) atoms. The Labute approximate surface area is 261 Å². The molecule has 0 fully saturated rings. The van der Waals surface area contributed by atoms with Crippen LogP contribution in [-0.2, 0) is 0 Å². The fourth-order valence-corrected chi connectivity index (χ4v) is 6.66. The van der Waals surface area contributed by atoms with E-state index in [1.165, 1.54) is 16.7 Å². The first-order valence-corrected chi connectivity index (χ1v) is 15.3. The first kappa shape index (κ1) is 25.4. The Morgan fingerprint density at radius 1 is 0.311 bits per heavy atom. The molecule has 7 aromatic carbocycles. The van der Waals surface area contributed by atoms with Crippen molar-refractivity contribution in [2.75, 3.05) is 9.80 Å². The molecule has 3 heteroatoms. The van der Waals surface area contributed by atoms with E-state index in [0.29, 0.717) is 0 Å². The van der Waals surface area contributed by atoms with Gasteiger partial charge in [0.25, 0.3) is 0 Å². The minimum atomic E-state index is 0.869. The van der Waals surface area contributed by atoms with Gasteiger partial charge in [-0.1, -0.05) is 115 Å². The second-order valence-corrected chi connectivity index (χ2v) is 11.4. The summed E-state index contributed by atoms with van der Waals surface area (Å²) < 4.78 is 6.91. The van der Waals surface area contributed by atoms with Crippen LogP contribution in [0.5, 0.6) is 0 Å². The fourth-order valence-electron chi connectivity index (χ4n) is 6.66. The number of anilines is 6. The molecule has 0 atom stereocenters. The van der Waals surface area contributed by atoms with Gasteiger partial charge in [0.2, 0.25) is 0 Å². The smallest absolute Gasteiger partial charge is 0.159 e. The van der Waals surface area contributed by atoms with E-state index in [0.717, 1.165) is 61.6 Å². The van der Waals surface area contributed by atoms with Gasteiger partial charge in [-0.3, -0.25) is 0 Å². The summed E-state index contributed by atoms with van der Waals surface area (Å²) >= 11 is 0. The Morgan fingerprint density at radius 3 is 1.29 bits per heavy atom. The van der Waals surface area contributed by atoms with Crippen molar-refractivity contribution in [1.29, 1.82) is 0 Å². The monoisotopic (exact) mass is 576 g/mol. The molecule has 0 saturated heterocycles. The molecule has 0 saturated carbocycles. The number of hydrogen-bond acceptors (Lipinski definition) is 3. The van der Waals surface area contributed by atoms with Crippen LogP contribution >= 0.6 is 0 Å². The highest BCUT2D eigenvalue weighted by atomic mass is 16.3. The minimum Gasteiger partial charge on any atom is -0.452 e. The molecule has 0 amide bonds. The maximum Gasteiger partial charge on any atom is 0.159 e. The topological polar surface area (TPSA) is 19.6 Å². The molecule has 1 aliphatic rings. The fraction of sp³-hybridized carbons (Fsp3) is 0. The lowest BCUT2D eigenvalue weighted by Crippen LogP contribution is -2.14. The molecule has 0 aliphatic carbocycles. The zero-order chi connectivity index (χ0) is 29.7. The lowest BCUT2D eigenvalue weighted by Gasteiger charge is -2.31. The van der Waals surface area contributed by atoms with Crippen LogP contribution in [0.2, 0.25) is 0 Å². The molecule has 0 unspecified atom stereocenters. The number of fused-ring (bicyclic) bond motifs is 3. The molecule has 9 rings (SSSR count). The lowest BCUT2D eigenvalue weighted by molar-refractivity contribution is 0.669. The second kappa shape index (κ2) is 10.3. The van der Waals surface area contributed by atoms with E-state index in [-0.39, 0.29) is 0 Å². The van der Waals surface area contributed by atoms with Crippen LogP contribution in [0, 0.1) is 0 Å². The average molecular weight is 577 g/mol. The van der Waals surface area contributed by atoms with Gasteiger partial charge in [-0.05, 0) is 76.9 Å². The van der Waals surface area contributed by atoms with Crippen LogP contribution < -0.4 is 9.80 Å². The highest BCUT2D eigenvalue weighted by Gasteiger charge is 2.26. The third-order valence-electron chi connectivity index (χ3n) is 8.74. The molecule has 2 heterocycles. The zero-order valence-electron chi connectivity index (χ0n) is 24.5. The summed E-state index contributed by atoms with van der Waals surface area (Å²) in [6.07, 6.45) is 0. The molecular weight excluding hydrogens is 548 g/mol. The summed E-state index contributed by atoms with van der Waals surface area (Å²) in [6, 6.07) is 60.4. The van der Waals surface area contributed by atoms with Gasteiger partial charge in [0.05, 0.1) is 11.4 Å². The Hall–Kier alpha value is -6.06. The SMILES string of the molecule is c1ccc(-c2ccc(N3c4cc(-c5ccccc5)cc(c4)N(c4ccccc4)c4cccc5c4oc4c3cccc45)cc2)cc1. The predicted octanol–water partition coefficient (Wildman–Crippen LogP) is 12.2. The quantitative estimate of drug-likeness (QED) is 0.208.